The van der Waals surface area contributed by atoms with Crippen molar-refractivity contribution in [3.8, 4) is 0 Å². The van der Waals surface area contributed by atoms with E-state index in [1.807, 2.05) is 13.2 Å². The first kappa shape index (κ1) is 37.3. The van der Waals surface area contributed by atoms with Crippen LogP contribution in [0, 0.1) is 5.92 Å². The molecule has 16 nitrogen and oxygen atoms in total. The van der Waals surface area contributed by atoms with E-state index in [1.165, 1.54) is 4.90 Å². The highest BCUT2D eigenvalue weighted by Gasteiger charge is 2.36. The minimum absolute atomic E-state index is 0.0288. The summed E-state index contributed by atoms with van der Waals surface area (Å²) in [6, 6.07) is 2.75. The lowest BCUT2D eigenvalue weighted by Gasteiger charge is -2.27. The van der Waals surface area contributed by atoms with Crippen LogP contribution in [-0.2, 0) is 44.8 Å². The van der Waals surface area contributed by atoms with Gasteiger partial charge >= 0.3 is 0 Å². The third-order valence-corrected chi connectivity index (χ3v) is 7.64. The number of benzene rings is 1. The van der Waals surface area contributed by atoms with E-state index in [9.17, 15) is 38.4 Å². The normalized spacial score (nSPS) is 17.4. The number of carbonyl (C=O) groups excluding carboxylic acids is 8. The Hall–Kier alpha value is -4.86. The maximum atomic E-state index is 13.3. The van der Waals surface area contributed by atoms with Crippen molar-refractivity contribution in [1.82, 2.24) is 26.2 Å². The Morgan fingerprint density at radius 2 is 1.54 bits per heavy atom. The third-order valence-electron chi connectivity index (χ3n) is 7.64. The van der Waals surface area contributed by atoms with Crippen LogP contribution in [-0.4, -0.2) is 95.8 Å². The highest BCUT2D eigenvalue weighted by Crippen LogP contribution is 2.18. The van der Waals surface area contributed by atoms with Crippen LogP contribution in [0.1, 0.15) is 51.5 Å². The Kier molecular flexibility index (Phi) is 14.8. The summed E-state index contributed by atoms with van der Waals surface area (Å²) < 4.78 is 0. The van der Waals surface area contributed by atoms with Crippen LogP contribution in [0.2, 0.25) is 0 Å². The summed E-state index contributed by atoms with van der Waals surface area (Å²) in [6.45, 7) is 3.44. The maximum absolute atomic E-state index is 13.3. The Bertz CT molecular complexity index is 1280. The van der Waals surface area contributed by atoms with Crippen LogP contribution in [0.15, 0.2) is 30.3 Å². The Morgan fingerprint density at radius 3 is 2.13 bits per heavy atom. The lowest BCUT2D eigenvalue weighted by molar-refractivity contribution is -0.139. The number of nitrogens with two attached hydrogens (primary N) is 3. The van der Waals surface area contributed by atoms with Gasteiger partial charge in [-0.15, -0.1) is 0 Å². The molecule has 46 heavy (non-hydrogen) atoms. The summed E-state index contributed by atoms with van der Waals surface area (Å²) in [4.78, 5) is 101. The summed E-state index contributed by atoms with van der Waals surface area (Å²) in [7, 11) is 0. The van der Waals surface area contributed by atoms with E-state index in [4.69, 9.17) is 17.2 Å². The monoisotopic (exact) mass is 643 g/mol. The maximum Gasteiger partial charge on any atom is 0.243 e. The predicted octanol–water partition coefficient (Wildman–Crippen LogP) is -2.98. The zero-order chi connectivity index (χ0) is 34.4. The van der Waals surface area contributed by atoms with E-state index in [0.717, 1.165) is 0 Å². The average molecular weight is 644 g/mol. The number of hydrogen-bond donors (Lipinski definition) is 7. The van der Waals surface area contributed by atoms with Gasteiger partial charge in [-0.1, -0.05) is 50.6 Å². The molecule has 1 aliphatic heterocycles. The number of hydrogen-bond acceptors (Lipinski definition) is 9. The van der Waals surface area contributed by atoms with Crippen LogP contribution in [0.3, 0.4) is 0 Å². The van der Waals surface area contributed by atoms with Crippen molar-refractivity contribution in [2.45, 2.75) is 82.6 Å². The van der Waals surface area contributed by atoms with Crippen molar-refractivity contribution in [2.75, 3.05) is 13.1 Å². The van der Waals surface area contributed by atoms with Crippen molar-refractivity contribution >= 4 is 47.6 Å². The number of carbonyl (C=O) groups is 7. The predicted molar refractivity (Wildman–Crippen MR) is 164 cm³/mol. The highest BCUT2D eigenvalue weighted by molar-refractivity contribution is 5.97. The first-order valence-corrected chi connectivity index (χ1v) is 15.0. The third kappa shape index (κ3) is 11.6. The molecule has 10 N–H and O–H groups in total. The molecule has 0 saturated carbocycles. The molecule has 1 aromatic carbocycles. The summed E-state index contributed by atoms with van der Waals surface area (Å²) in [5.74, 6) is -5.63. The standard InChI is InChI=1S/C30H43N8O8/c1-3-17(2)22(16-39)37-30(46)23-10-7-11-38(23)26(42)15-34-28(44)20(12-18-8-5-4-6-9-18)36-29(45)21(14-25(33)41)35-27(43)19(31)13-24(32)40/h4-6,8-9,17,19-23H,3,7,10-15,31H2,1-2H3,(H2,32,40)(H2,33,41)(H,34,44)(H,35,43)(H,36,45)(H,37,46)/t17-,19-,20-,21-,22+,23-/m0/s1. The zero-order valence-corrected chi connectivity index (χ0v) is 26.0. The van der Waals surface area contributed by atoms with Gasteiger partial charge in [0.2, 0.25) is 47.6 Å². The van der Waals surface area contributed by atoms with Gasteiger partial charge in [0.15, 0.2) is 0 Å². The van der Waals surface area contributed by atoms with E-state index in [-0.39, 0.29) is 18.9 Å². The van der Waals surface area contributed by atoms with Gasteiger partial charge in [-0.25, -0.2) is 0 Å². The zero-order valence-electron chi connectivity index (χ0n) is 26.0. The summed E-state index contributed by atoms with van der Waals surface area (Å²) in [5, 5.41) is 9.88. The second-order valence-electron chi connectivity index (χ2n) is 11.2. The number of likely N-dealkylation sites (tertiary alicyclic amines) is 1. The molecule has 6 atom stereocenters. The number of nitrogens with one attached hydrogen (secondary N) is 4. The molecular formula is C30H43N8O8. The minimum atomic E-state index is -1.54. The van der Waals surface area contributed by atoms with Gasteiger partial charge < -0.3 is 43.4 Å². The van der Waals surface area contributed by atoms with Gasteiger partial charge in [0.05, 0.1) is 31.5 Å². The lowest BCUT2D eigenvalue weighted by Crippen LogP contribution is -2.58. The number of rotatable bonds is 18. The molecule has 7 amide bonds. The van der Waals surface area contributed by atoms with Crippen LogP contribution in [0.25, 0.3) is 0 Å². The van der Waals surface area contributed by atoms with E-state index >= 15 is 0 Å². The van der Waals surface area contributed by atoms with E-state index in [0.29, 0.717) is 24.8 Å². The Balaban J connectivity index is 2.15. The first-order chi connectivity index (χ1) is 21.8. The second kappa shape index (κ2) is 18.2. The van der Waals surface area contributed by atoms with E-state index in [1.54, 1.807) is 37.3 Å². The van der Waals surface area contributed by atoms with Crippen LogP contribution < -0.4 is 38.5 Å². The Morgan fingerprint density at radius 1 is 0.913 bits per heavy atom. The largest absolute Gasteiger partial charge is 0.370 e. The number of amides is 7. The van der Waals surface area contributed by atoms with Crippen molar-refractivity contribution < 1.29 is 38.4 Å². The molecule has 1 aromatic rings. The molecule has 1 fully saturated rings. The first-order valence-electron chi connectivity index (χ1n) is 15.0. The molecule has 1 saturated heterocycles. The minimum Gasteiger partial charge on any atom is -0.370 e. The summed E-state index contributed by atoms with van der Waals surface area (Å²) in [5.41, 5.74) is 16.6. The van der Waals surface area contributed by atoms with Crippen LogP contribution in [0.4, 0.5) is 0 Å². The number of primary amides is 2. The van der Waals surface area contributed by atoms with Gasteiger partial charge in [0.25, 0.3) is 0 Å². The summed E-state index contributed by atoms with van der Waals surface area (Å²) in [6.07, 6.45) is 2.20. The molecule has 2 rings (SSSR count). The van der Waals surface area contributed by atoms with Gasteiger partial charge in [0.1, 0.15) is 18.1 Å². The second-order valence-corrected chi connectivity index (χ2v) is 11.2. The number of nitrogens with zero attached hydrogens (tertiary/aromatic N) is 1. The SMILES string of the molecule is CC[C@H](C)[C@@H]([C]=O)NC(=O)[C@@H]1CCCN1C(=O)CNC(=O)[C@H](Cc1ccccc1)NC(=O)[C@H](CC(N)=O)NC(=O)[C@@H](N)CC(N)=O. The molecule has 0 spiro atoms. The molecular weight excluding hydrogens is 600 g/mol. The molecule has 1 aliphatic rings. The smallest absolute Gasteiger partial charge is 0.243 e. The topological polar surface area (TPSA) is 266 Å². The van der Waals surface area contributed by atoms with Gasteiger partial charge in [-0.05, 0) is 24.3 Å². The van der Waals surface area contributed by atoms with Crippen molar-refractivity contribution in [1.29, 1.82) is 0 Å². The van der Waals surface area contributed by atoms with Crippen LogP contribution >= 0.6 is 0 Å². The van der Waals surface area contributed by atoms with Gasteiger partial charge in [-0.2, -0.15) is 0 Å². The molecule has 1 radical (unpaired) electrons. The molecule has 16 heteroatoms. The highest BCUT2D eigenvalue weighted by atomic mass is 16.2. The Labute approximate surface area is 266 Å². The van der Waals surface area contributed by atoms with Gasteiger partial charge in [0, 0.05) is 13.0 Å². The summed E-state index contributed by atoms with van der Waals surface area (Å²) >= 11 is 0. The van der Waals surface area contributed by atoms with E-state index in [2.05, 4.69) is 21.3 Å². The quantitative estimate of drug-likeness (QED) is 0.0859. The molecule has 1 heterocycles. The fraction of sp³-hybridized carbons (Fsp3) is 0.533. The van der Waals surface area contributed by atoms with Gasteiger partial charge in [-0.3, -0.25) is 38.4 Å². The molecule has 0 aliphatic carbocycles. The molecule has 0 bridgehead atoms. The fourth-order valence-electron chi connectivity index (χ4n) is 4.83. The van der Waals surface area contributed by atoms with Crippen molar-refractivity contribution in [3.63, 3.8) is 0 Å². The molecule has 0 aromatic heterocycles. The van der Waals surface area contributed by atoms with Crippen molar-refractivity contribution in [2.24, 2.45) is 23.1 Å². The lowest BCUT2D eigenvalue weighted by atomic mass is 10.00. The van der Waals surface area contributed by atoms with Crippen LogP contribution in [0.5, 0.6) is 0 Å². The molecule has 0 unspecified atom stereocenters. The average Bonchev–Trinajstić information content (AvgIpc) is 3.51. The molecule has 251 valence electrons. The van der Waals surface area contributed by atoms with Crippen molar-refractivity contribution in [3.05, 3.63) is 35.9 Å². The van der Waals surface area contributed by atoms with E-state index < -0.39 is 90.9 Å². The fourth-order valence-corrected chi connectivity index (χ4v) is 4.83.